The molecule has 0 aliphatic carbocycles. The molecule has 0 fully saturated rings. The molecule has 0 saturated heterocycles. The van der Waals surface area contributed by atoms with E-state index in [1.165, 1.54) is 0 Å². The predicted octanol–water partition coefficient (Wildman–Crippen LogP) is 0.791. The van der Waals surface area contributed by atoms with Gasteiger partial charge < -0.3 is 15.5 Å². The molecular formula is C13H26N6. The molecule has 108 valence electrons. The van der Waals surface area contributed by atoms with Gasteiger partial charge in [0.15, 0.2) is 0 Å². The van der Waals surface area contributed by atoms with Crippen molar-refractivity contribution in [1.82, 2.24) is 14.7 Å². The Bertz CT molecular complexity index is 435. The molecule has 1 aromatic heterocycles. The van der Waals surface area contributed by atoms with Gasteiger partial charge in [0.25, 0.3) is 0 Å². The average molecular weight is 266 g/mol. The first kappa shape index (κ1) is 15.5. The topological polar surface area (TPSA) is 74.2 Å². The predicted molar refractivity (Wildman–Crippen MR) is 80.0 cm³/mol. The van der Waals surface area contributed by atoms with Gasteiger partial charge in [-0.15, -0.1) is 0 Å². The maximum atomic E-state index is 7.76. The molecule has 0 aliphatic rings. The molecule has 0 saturated carbocycles. The summed E-state index contributed by atoms with van der Waals surface area (Å²) in [5.74, 6) is 1.04. The second kappa shape index (κ2) is 6.56. The Morgan fingerprint density at radius 1 is 1.32 bits per heavy atom. The Morgan fingerprint density at radius 2 is 1.95 bits per heavy atom. The van der Waals surface area contributed by atoms with Gasteiger partial charge in [-0.05, 0) is 27.4 Å². The van der Waals surface area contributed by atoms with Crippen LogP contribution < -0.4 is 10.6 Å². The van der Waals surface area contributed by atoms with Crippen LogP contribution in [0.5, 0.6) is 0 Å². The number of nitrogens with two attached hydrogens (primary N) is 1. The second-order valence-electron chi connectivity index (χ2n) is 5.11. The zero-order valence-corrected chi connectivity index (χ0v) is 12.7. The zero-order valence-electron chi connectivity index (χ0n) is 12.7. The molecular weight excluding hydrogens is 240 g/mol. The van der Waals surface area contributed by atoms with Crippen LogP contribution in [0.3, 0.4) is 0 Å². The lowest BCUT2D eigenvalue weighted by atomic mass is 10.2. The molecule has 1 heterocycles. The van der Waals surface area contributed by atoms with Crippen molar-refractivity contribution in [3.8, 4) is 0 Å². The fraction of sp³-hybridized carbons (Fsp3) is 0.692. The van der Waals surface area contributed by atoms with E-state index in [1.54, 1.807) is 0 Å². The van der Waals surface area contributed by atoms with Crippen molar-refractivity contribution in [1.29, 1.82) is 5.41 Å². The SMILES string of the molecule is CCCN(CCN(C)C)c1c(C(=N)N)c(C)nn1C. The lowest BCUT2D eigenvalue weighted by Crippen LogP contribution is -2.35. The van der Waals surface area contributed by atoms with Crippen LogP contribution >= 0.6 is 0 Å². The van der Waals surface area contributed by atoms with Crippen LogP contribution in [0.2, 0.25) is 0 Å². The maximum Gasteiger partial charge on any atom is 0.137 e. The van der Waals surface area contributed by atoms with Crippen LogP contribution in [0.1, 0.15) is 24.6 Å². The van der Waals surface area contributed by atoms with Gasteiger partial charge >= 0.3 is 0 Å². The van der Waals surface area contributed by atoms with Gasteiger partial charge in [0.05, 0.1) is 11.3 Å². The van der Waals surface area contributed by atoms with E-state index in [0.717, 1.165) is 43.1 Å². The van der Waals surface area contributed by atoms with Crippen LogP contribution in [0.25, 0.3) is 0 Å². The minimum atomic E-state index is 0.0894. The van der Waals surface area contributed by atoms with E-state index >= 15 is 0 Å². The second-order valence-corrected chi connectivity index (χ2v) is 5.11. The monoisotopic (exact) mass is 266 g/mol. The first-order chi connectivity index (χ1) is 8.88. The number of aryl methyl sites for hydroxylation is 2. The number of nitrogens with zero attached hydrogens (tertiary/aromatic N) is 4. The summed E-state index contributed by atoms with van der Waals surface area (Å²) < 4.78 is 1.83. The van der Waals surface area contributed by atoms with Crippen LogP contribution in [0.4, 0.5) is 5.82 Å². The van der Waals surface area contributed by atoms with E-state index in [1.807, 2.05) is 18.7 Å². The highest BCUT2D eigenvalue weighted by molar-refractivity contribution is 6.00. The third kappa shape index (κ3) is 3.70. The summed E-state index contributed by atoms with van der Waals surface area (Å²) in [5, 5.41) is 12.2. The molecule has 3 N–H and O–H groups in total. The number of hydrogen-bond acceptors (Lipinski definition) is 4. The molecule has 6 heteroatoms. The summed E-state index contributed by atoms with van der Waals surface area (Å²) in [6, 6.07) is 0. The van der Waals surface area contributed by atoms with Gasteiger partial charge in [-0.1, -0.05) is 6.92 Å². The molecule has 0 unspecified atom stereocenters. The van der Waals surface area contributed by atoms with Crippen molar-refractivity contribution in [2.75, 3.05) is 38.6 Å². The number of hydrogen-bond donors (Lipinski definition) is 2. The minimum absolute atomic E-state index is 0.0894. The summed E-state index contributed by atoms with van der Waals surface area (Å²) in [5.41, 5.74) is 7.29. The maximum absolute atomic E-state index is 7.76. The lowest BCUT2D eigenvalue weighted by molar-refractivity contribution is 0.411. The molecule has 6 nitrogen and oxygen atoms in total. The number of nitrogen functional groups attached to an aromatic ring is 1. The van der Waals surface area contributed by atoms with Gasteiger partial charge in [0.2, 0.25) is 0 Å². The summed E-state index contributed by atoms with van der Waals surface area (Å²) in [6.07, 6.45) is 1.05. The average Bonchev–Trinajstić information content (AvgIpc) is 2.59. The van der Waals surface area contributed by atoms with Crippen molar-refractivity contribution >= 4 is 11.7 Å². The molecule has 0 spiro atoms. The van der Waals surface area contributed by atoms with Crippen molar-refractivity contribution in [2.24, 2.45) is 12.8 Å². The molecule has 0 atom stereocenters. The van der Waals surface area contributed by atoms with Crippen LogP contribution in [0, 0.1) is 12.3 Å². The van der Waals surface area contributed by atoms with Crippen molar-refractivity contribution in [3.63, 3.8) is 0 Å². The van der Waals surface area contributed by atoms with Crippen LogP contribution in [-0.4, -0.2) is 54.2 Å². The first-order valence-electron chi connectivity index (χ1n) is 6.66. The molecule has 0 aliphatic heterocycles. The third-order valence-corrected chi connectivity index (χ3v) is 3.07. The van der Waals surface area contributed by atoms with Gasteiger partial charge in [-0.2, -0.15) is 5.10 Å². The third-order valence-electron chi connectivity index (χ3n) is 3.07. The summed E-state index contributed by atoms with van der Waals surface area (Å²) >= 11 is 0. The van der Waals surface area contributed by atoms with E-state index in [-0.39, 0.29) is 5.84 Å². The van der Waals surface area contributed by atoms with E-state index < -0.39 is 0 Å². The Balaban J connectivity index is 3.10. The molecule has 19 heavy (non-hydrogen) atoms. The normalized spacial score (nSPS) is 11.1. The highest BCUT2D eigenvalue weighted by atomic mass is 15.4. The van der Waals surface area contributed by atoms with E-state index in [9.17, 15) is 0 Å². The first-order valence-corrected chi connectivity index (χ1v) is 6.66. The molecule has 1 rings (SSSR count). The molecule has 0 radical (unpaired) electrons. The van der Waals surface area contributed by atoms with Crippen molar-refractivity contribution in [3.05, 3.63) is 11.3 Å². The van der Waals surface area contributed by atoms with E-state index in [4.69, 9.17) is 11.1 Å². The minimum Gasteiger partial charge on any atom is -0.384 e. The van der Waals surface area contributed by atoms with Gasteiger partial charge in [0, 0.05) is 26.7 Å². The van der Waals surface area contributed by atoms with E-state index in [2.05, 4.69) is 35.9 Å². The fourth-order valence-electron chi connectivity index (χ4n) is 2.24. The van der Waals surface area contributed by atoms with Gasteiger partial charge in [0.1, 0.15) is 11.7 Å². The quantitative estimate of drug-likeness (QED) is 0.565. The number of anilines is 1. The Morgan fingerprint density at radius 3 is 2.42 bits per heavy atom. The standard InChI is InChI=1S/C13H26N6/c1-6-7-19(9-8-17(3)4)13-11(12(14)15)10(2)16-18(13)5/h6-9H2,1-5H3,(H3,14,15). The van der Waals surface area contributed by atoms with Crippen LogP contribution in [0.15, 0.2) is 0 Å². The van der Waals surface area contributed by atoms with Gasteiger partial charge in [-0.3, -0.25) is 10.1 Å². The number of rotatable bonds is 7. The molecule has 0 amide bonds. The summed E-state index contributed by atoms with van der Waals surface area (Å²) in [6.45, 7) is 6.85. The Kier molecular flexibility index (Phi) is 5.35. The smallest absolute Gasteiger partial charge is 0.137 e. The molecule has 0 bridgehead atoms. The number of amidine groups is 1. The summed E-state index contributed by atoms with van der Waals surface area (Å²) in [4.78, 5) is 4.41. The molecule has 0 aromatic carbocycles. The lowest BCUT2D eigenvalue weighted by Gasteiger charge is -2.26. The largest absolute Gasteiger partial charge is 0.384 e. The number of aromatic nitrogens is 2. The summed E-state index contributed by atoms with van der Waals surface area (Å²) in [7, 11) is 6.03. The fourth-order valence-corrected chi connectivity index (χ4v) is 2.24. The zero-order chi connectivity index (χ0) is 14.6. The van der Waals surface area contributed by atoms with Crippen LogP contribution in [-0.2, 0) is 7.05 Å². The highest BCUT2D eigenvalue weighted by Gasteiger charge is 2.20. The van der Waals surface area contributed by atoms with E-state index in [0.29, 0.717) is 0 Å². The Labute approximate surface area is 115 Å². The highest BCUT2D eigenvalue weighted by Crippen LogP contribution is 2.22. The number of likely N-dealkylation sites (N-methyl/N-ethyl adjacent to an activating group) is 1. The number of nitrogens with one attached hydrogen (secondary N) is 1. The Hall–Kier alpha value is -1.56. The van der Waals surface area contributed by atoms with Gasteiger partial charge in [-0.25, -0.2) is 0 Å². The van der Waals surface area contributed by atoms with Crippen molar-refractivity contribution in [2.45, 2.75) is 20.3 Å². The molecule has 1 aromatic rings. The van der Waals surface area contributed by atoms with Crippen molar-refractivity contribution < 1.29 is 0 Å².